The largest absolute Gasteiger partial charge is 0.481 e. The lowest BCUT2D eigenvalue weighted by Crippen LogP contribution is -2.35. The summed E-state index contributed by atoms with van der Waals surface area (Å²) >= 11 is 1.49. The van der Waals surface area contributed by atoms with Crippen LogP contribution in [0.15, 0.2) is 9.59 Å². The van der Waals surface area contributed by atoms with Crippen LogP contribution in [0.5, 0.6) is 0 Å². The van der Waals surface area contributed by atoms with Gasteiger partial charge in [0, 0.05) is 17.8 Å². The number of aromatic nitrogens is 2. The number of H-pyrrole nitrogens is 1. The summed E-state index contributed by atoms with van der Waals surface area (Å²) in [5.41, 5.74) is 0.333. The van der Waals surface area contributed by atoms with Gasteiger partial charge in [0.15, 0.2) is 0 Å². The minimum atomic E-state index is -0.924. The Morgan fingerprint density at radius 3 is 2.90 bits per heavy atom. The standard InChI is InChI=1S/C13H14N2O4S/c16-9(17)5-2-6-15-12(18)10-7-3-1-4-8(7)20-11(10)14-13(15)19/h1-6H2,(H,14,19)(H,16,17). The van der Waals surface area contributed by atoms with Crippen molar-refractivity contribution in [3.8, 4) is 0 Å². The number of hydrogen-bond acceptors (Lipinski definition) is 4. The van der Waals surface area contributed by atoms with E-state index in [1.165, 1.54) is 16.2 Å². The summed E-state index contributed by atoms with van der Waals surface area (Å²) in [5, 5.41) is 9.25. The molecule has 0 aliphatic heterocycles. The van der Waals surface area contributed by atoms with Crippen molar-refractivity contribution in [1.82, 2.24) is 9.55 Å². The van der Waals surface area contributed by atoms with Crippen molar-refractivity contribution in [2.45, 2.75) is 38.6 Å². The molecule has 1 aliphatic carbocycles. The number of rotatable bonds is 4. The van der Waals surface area contributed by atoms with Gasteiger partial charge >= 0.3 is 11.7 Å². The first-order valence-electron chi connectivity index (χ1n) is 6.57. The van der Waals surface area contributed by atoms with Crippen LogP contribution in [-0.2, 0) is 24.2 Å². The molecule has 2 aromatic heterocycles. The first-order valence-corrected chi connectivity index (χ1v) is 7.38. The fourth-order valence-electron chi connectivity index (χ4n) is 2.70. The van der Waals surface area contributed by atoms with E-state index < -0.39 is 11.7 Å². The quantitative estimate of drug-likeness (QED) is 0.883. The number of fused-ring (bicyclic) bond motifs is 3. The topological polar surface area (TPSA) is 92.2 Å². The first-order chi connectivity index (χ1) is 9.58. The zero-order valence-electron chi connectivity index (χ0n) is 10.8. The van der Waals surface area contributed by atoms with Crippen molar-refractivity contribution in [2.24, 2.45) is 0 Å². The first kappa shape index (κ1) is 13.1. The molecule has 0 amide bonds. The van der Waals surface area contributed by atoms with Gasteiger partial charge in [0.25, 0.3) is 5.56 Å². The zero-order chi connectivity index (χ0) is 14.3. The van der Waals surface area contributed by atoms with Crippen LogP contribution in [0, 0.1) is 0 Å². The lowest BCUT2D eigenvalue weighted by atomic mass is 10.2. The zero-order valence-corrected chi connectivity index (χ0v) is 11.6. The number of aliphatic carboxylic acids is 1. The Balaban J connectivity index is 2.06. The van der Waals surface area contributed by atoms with Gasteiger partial charge in [-0.3, -0.25) is 19.1 Å². The minimum absolute atomic E-state index is 0.0499. The second kappa shape index (κ2) is 4.90. The van der Waals surface area contributed by atoms with E-state index in [9.17, 15) is 14.4 Å². The Morgan fingerprint density at radius 1 is 1.35 bits per heavy atom. The van der Waals surface area contributed by atoms with Crippen molar-refractivity contribution in [1.29, 1.82) is 0 Å². The van der Waals surface area contributed by atoms with Crippen molar-refractivity contribution < 1.29 is 9.90 Å². The second-order valence-corrected chi connectivity index (χ2v) is 6.05. The Kier molecular flexibility index (Phi) is 3.21. The van der Waals surface area contributed by atoms with Crippen LogP contribution in [0.25, 0.3) is 10.2 Å². The molecule has 0 saturated heterocycles. The number of aryl methyl sites for hydroxylation is 2. The van der Waals surface area contributed by atoms with E-state index in [0.717, 1.165) is 29.4 Å². The monoisotopic (exact) mass is 294 g/mol. The van der Waals surface area contributed by atoms with Gasteiger partial charge < -0.3 is 5.11 Å². The van der Waals surface area contributed by atoms with Gasteiger partial charge in [0.2, 0.25) is 0 Å². The van der Waals surface area contributed by atoms with Gasteiger partial charge in [-0.15, -0.1) is 11.3 Å². The molecule has 2 N–H and O–H groups in total. The third kappa shape index (κ3) is 2.07. The van der Waals surface area contributed by atoms with Crippen LogP contribution in [0.3, 0.4) is 0 Å². The number of nitrogens with zero attached hydrogens (tertiary/aromatic N) is 1. The lowest BCUT2D eigenvalue weighted by molar-refractivity contribution is -0.137. The average molecular weight is 294 g/mol. The maximum atomic E-state index is 12.4. The molecule has 0 spiro atoms. The van der Waals surface area contributed by atoms with Gasteiger partial charge in [0.1, 0.15) is 4.83 Å². The second-order valence-electron chi connectivity index (χ2n) is 4.95. The van der Waals surface area contributed by atoms with Crippen molar-refractivity contribution in [3.05, 3.63) is 31.3 Å². The summed E-state index contributed by atoms with van der Waals surface area (Å²) in [5.74, 6) is -0.924. The fourth-order valence-corrected chi connectivity index (χ4v) is 3.97. The molecule has 0 atom stereocenters. The van der Waals surface area contributed by atoms with Crippen LogP contribution in [0.2, 0.25) is 0 Å². The minimum Gasteiger partial charge on any atom is -0.481 e. The number of hydrogen-bond donors (Lipinski definition) is 2. The Bertz CT molecular complexity index is 799. The number of thiophene rings is 1. The predicted molar refractivity (Wildman–Crippen MR) is 75.6 cm³/mol. The van der Waals surface area contributed by atoms with Gasteiger partial charge in [-0.1, -0.05) is 0 Å². The SMILES string of the molecule is O=C(O)CCCn1c(=O)[nH]c2sc3c(c2c1=O)CCC3. The smallest absolute Gasteiger partial charge is 0.329 e. The number of carboxylic acid groups (broad SMARTS) is 1. The van der Waals surface area contributed by atoms with Crippen LogP contribution in [0.4, 0.5) is 0 Å². The lowest BCUT2D eigenvalue weighted by Gasteiger charge is -2.04. The summed E-state index contributed by atoms with van der Waals surface area (Å²) in [4.78, 5) is 39.5. The number of carboxylic acids is 1. The molecule has 2 aromatic rings. The maximum Gasteiger partial charge on any atom is 0.329 e. The molecule has 7 heteroatoms. The molecule has 0 unspecified atom stereocenters. The fraction of sp³-hybridized carbons (Fsp3) is 0.462. The van der Waals surface area contributed by atoms with Crippen LogP contribution in [-0.4, -0.2) is 20.6 Å². The third-order valence-electron chi connectivity index (χ3n) is 3.62. The molecule has 0 bridgehead atoms. The summed E-state index contributed by atoms with van der Waals surface area (Å²) in [7, 11) is 0. The Hall–Kier alpha value is -1.89. The molecular formula is C13H14N2O4S. The van der Waals surface area contributed by atoms with Crippen molar-refractivity contribution in [2.75, 3.05) is 0 Å². The maximum absolute atomic E-state index is 12.4. The molecule has 106 valence electrons. The van der Waals surface area contributed by atoms with Crippen molar-refractivity contribution in [3.63, 3.8) is 0 Å². The summed E-state index contributed by atoms with van der Waals surface area (Å²) in [6.07, 6.45) is 3.12. The number of nitrogens with one attached hydrogen (secondary N) is 1. The van der Waals surface area contributed by atoms with Crippen LogP contribution < -0.4 is 11.2 Å². The predicted octanol–water partition coefficient (Wildman–Crippen LogP) is 1.10. The molecule has 2 heterocycles. The van der Waals surface area contributed by atoms with Gasteiger partial charge in [0.05, 0.1) is 5.39 Å². The summed E-state index contributed by atoms with van der Waals surface area (Å²) < 4.78 is 1.12. The summed E-state index contributed by atoms with van der Waals surface area (Å²) in [6, 6.07) is 0. The van der Waals surface area contributed by atoms with E-state index in [2.05, 4.69) is 4.98 Å². The van der Waals surface area contributed by atoms with E-state index >= 15 is 0 Å². The molecular weight excluding hydrogens is 280 g/mol. The third-order valence-corrected chi connectivity index (χ3v) is 4.83. The highest BCUT2D eigenvalue weighted by Gasteiger charge is 2.21. The number of carbonyl (C=O) groups is 1. The molecule has 0 radical (unpaired) electrons. The highest BCUT2D eigenvalue weighted by molar-refractivity contribution is 7.18. The van der Waals surface area contributed by atoms with E-state index in [0.29, 0.717) is 10.2 Å². The number of aromatic amines is 1. The highest BCUT2D eigenvalue weighted by Crippen LogP contribution is 2.33. The molecule has 0 saturated carbocycles. The van der Waals surface area contributed by atoms with Crippen LogP contribution >= 0.6 is 11.3 Å². The Labute approximate surface area is 117 Å². The van der Waals surface area contributed by atoms with Gasteiger partial charge in [-0.25, -0.2) is 4.79 Å². The molecule has 0 fully saturated rings. The van der Waals surface area contributed by atoms with E-state index in [1.807, 2.05) is 0 Å². The summed E-state index contributed by atoms with van der Waals surface area (Å²) in [6.45, 7) is 0.140. The Morgan fingerprint density at radius 2 is 2.15 bits per heavy atom. The molecule has 6 nitrogen and oxygen atoms in total. The van der Waals surface area contributed by atoms with Crippen LogP contribution in [0.1, 0.15) is 29.7 Å². The van der Waals surface area contributed by atoms with E-state index in [-0.39, 0.29) is 24.9 Å². The van der Waals surface area contributed by atoms with E-state index in [1.54, 1.807) is 0 Å². The molecule has 3 rings (SSSR count). The molecule has 20 heavy (non-hydrogen) atoms. The van der Waals surface area contributed by atoms with Crippen molar-refractivity contribution >= 4 is 27.5 Å². The van der Waals surface area contributed by atoms with E-state index in [4.69, 9.17) is 5.11 Å². The molecule has 1 aliphatic rings. The average Bonchev–Trinajstić information content (AvgIpc) is 2.92. The van der Waals surface area contributed by atoms with Gasteiger partial charge in [-0.2, -0.15) is 0 Å². The van der Waals surface area contributed by atoms with Gasteiger partial charge in [-0.05, 0) is 31.2 Å². The molecule has 0 aromatic carbocycles. The highest BCUT2D eigenvalue weighted by atomic mass is 32.1. The normalized spacial score (nSPS) is 13.8.